The number of aromatic nitrogens is 3. The Morgan fingerprint density at radius 3 is 2.90 bits per heavy atom. The van der Waals surface area contributed by atoms with E-state index in [0.717, 1.165) is 43.9 Å². The summed E-state index contributed by atoms with van der Waals surface area (Å²) in [5, 5.41) is 10.5. The van der Waals surface area contributed by atoms with Crippen molar-refractivity contribution in [2.75, 3.05) is 19.6 Å². The molecule has 1 saturated carbocycles. The Morgan fingerprint density at radius 1 is 1.23 bits per heavy atom. The Kier molecular flexibility index (Phi) is 6.24. The molecule has 162 valence electrons. The van der Waals surface area contributed by atoms with Crippen molar-refractivity contribution in [2.45, 2.75) is 56.4 Å². The molecule has 0 radical (unpaired) electrons. The van der Waals surface area contributed by atoms with Gasteiger partial charge in [-0.15, -0.1) is 12.4 Å². The standard InChI is InChI=1S/C21H27N5O3.ClH/c27-18-7-3-6-16-14-10-15(12-22-11-14)19(26(16)18)20(28)23-9-8-17-24-21(29-25-17)13-4-1-2-5-13;/h3,6-7,13-15,19,22H,1-2,4-5,8-12H2,(H,23,28);1H/t14-,15+,19-;/m1./s1. The van der Waals surface area contributed by atoms with Crippen molar-refractivity contribution in [3.8, 4) is 0 Å². The van der Waals surface area contributed by atoms with Crippen LogP contribution in [0.3, 0.4) is 0 Å². The number of hydrogen-bond acceptors (Lipinski definition) is 6. The van der Waals surface area contributed by atoms with Gasteiger partial charge in [-0.25, -0.2) is 0 Å². The molecular formula is C21H28ClN5O3. The van der Waals surface area contributed by atoms with Gasteiger partial charge in [0.2, 0.25) is 11.8 Å². The number of rotatable bonds is 5. The zero-order chi connectivity index (χ0) is 19.8. The van der Waals surface area contributed by atoms with E-state index in [-0.39, 0.29) is 29.8 Å². The van der Waals surface area contributed by atoms with Gasteiger partial charge in [-0.3, -0.25) is 14.2 Å². The van der Waals surface area contributed by atoms with E-state index in [1.165, 1.54) is 12.8 Å². The molecule has 4 heterocycles. The van der Waals surface area contributed by atoms with Gasteiger partial charge in [-0.1, -0.05) is 24.1 Å². The molecule has 1 aliphatic carbocycles. The smallest absolute Gasteiger partial charge is 0.251 e. The minimum absolute atomic E-state index is 0. The van der Waals surface area contributed by atoms with Crippen molar-refractivity contribution in [3.05, 3.63) is 46.0 Å². The highest BCUT2D eigenvalue weighted by Gasteiger charge is 2.41. The lowest BCUT2D eigenvalue weighted by Gasteiger charge is -2.42. The van der Waals surface area contributed by atoms with E-state index in [0.29, 0.717) is 30.6 Å². The quantitative estimate of drug-likeness (QED) is 0.746. The molecule has 3 aliphatic rings. The molecule has 0 spiro atoms. The second-order valence-corrected chi connectivity index (χ2v) is 8.53. The Labute approximate surface area is 181 Å². The van der Waals surface area contributed by atoms with Crippen molar-refractivity contribution < 1.29 is 9.32 Å². The maximum Gasteiger partial charge on any atom is 0.251 e. The first-order chi connectivity index (χ1) is 14.2. The third kappa shape index (κ3) is 3.90. The fraction of sp³-hybridized carbons (Fsp3) is 0.619. The summed E-state index contributed by atoms with van der Waals surface area (Å²) in [6, 6.07) is 4.83. The molecule has 2 aromatic rings. The monoisotopic (exact) mass is 433 g/mol. The lowest BCUT2D eigenvalue weighted by Crippen LogP contribution is -2.52. The lowest BCUT2D eigenvalue weighted by molar-refractivity contribution is -0.126. The maximum absolute atomic E-state index is 13.1. The van der Waals surface area contributed by atoms with Gasteiger partial charge in [0.1, 0.15) is 6.04 Å². The van der Waals surface area contributed by atoms with Crippen LogP contribution in [0.1, 0.15) is 67.4 Å². The summed E-state index contributed by atoms with van der Waals surface area (Å²) >= 11 is 0. The predicted molar refractivity (Wildman–Crippen MR) is 113 cm³/mol. The maximum atomic E-state index is 13.1. The van der Waals surface area contributed by atoms with Crippen molar-refractivity contribution in [1.82, 2.24) is 25.3 Å². The molecule has 3 atom stereocenters. The fourth-order valence-electron chi connectivity index (χ4n) is 5.24. The zero-order valence-corrected chi connectivity index (χ0v) is 17.7. The lowest BCUT2D eigenvalue weighted by atomic mass is 9.79. The van der Waals surface area contributed by atoms with Crippen LogP contribution in [-0.2, 0) is 11.2 Å². The van der Waals surface area contributed by atoms with Crippen LogP contribution in [-0.4, -0.2) is 40.2 Å². The molecule has 1 saturated heterocycles. The third-order valence-electron chi connectivity index (χ3n) is 6.65. The summed E-state index contributed by atoms with van der Waals surface area (Å²) in [7, 11) is 0. The molecule has 2 fully saturated rings. The highest BCUT2D eigenvalue weighted by atomic mass is 35.5. The van der Waals surface area contributed by atoms with Crippen molar-refractivity contribution in [2.24, 2.45) is 5.92 Å². The number of nitrogens with one attached hydrogen (secondary N) is 2. The summed E-state index contributed by atoms with van der Waals surface area (Å²) < 4.78 is 7.12. The van der Waals surface area contributed by atoms with Crippen LogP contribution in [0.2, 0.25) is 0 Å². The minimum Gasteiger partial charge on any atom is -0.354 e. The number of halogens is 1. The van der Waals surface area contributed by atoms with Gasteiger partial charge in [0.25, 0.3) is 5.56 Å². The van der Waals surface area contributed by atoms with E-state index >= 15 is 0 Å². The average molecular weight is 434 g/mol. The number of carbonyl (C=O) groups is 1. The van der Waals surface area contributed by atoms with Crippen LogP contribution in [0.4, 0.5) is 0 Å². The number of nitrogens with zero attached hydrogens (tertiary/aromatic N) is 3. The van der Waals surface area contributed by atoms with Crippen LogP contribution in [0, 0.1) is 5.92 Å². The van der Waals surface area contributed by atoms with E-state index in [2.05, 4.69) is 20.8 Å². The van der Waals surface area contributed by atoms with Crippen LogP contribution in [0.5, 0.6) is 0 Å². The molecule has 5 rings (SSSR count). The van der Waals surface area contributed by atoms with E-state index in [1.54, 1.807) is 16.7 Å². The van der Waals surface area contributed by atoms with Crippen molar-refractivity contribution >= 4 is 18.3 Å². The van der Waals surface area contributed by atoms with Crippen LogP contribution < -0.4 is 16.2 Å². The van der Waals surface area contributed by atoms with Gasteiger partial charge >= 0.3 is 0 Å². The van der Waals surface area contributed by atoms with Crippen molar-refractivity contribution in [1.29, 1.82) is 0 Å². The van der Waals surface area contributed by atoms with E-state index in [9.17, 15) is 9.59 Å². The first-order valence-corrected chi connectivity index (χ1v) is 10.7. The number of pyridine rings is 1. The topological polar surface area (TPSA) is 102 Å². The fourth-order valence-corrected chi connectivity index (χ4v) is 5.24. The number of piperidine rings is 1. The van der Waals surface area contributed by atoms with Gasteiger partial charge in [0.15, 0.2) is 5.82 Å². The molecule has 9 heteroatoms. The third-order valence-corrected chi connectivity index (χ3v) is 6.65. The molecule has 2 aromatic heterocycles. The van der Waals surface area contributed by atoms with E-state index in [1.807, 2.05) is 6.07 Å². The van der Waals surface area contributed by atoms with Gasteiger partial charge < -0.3 is 15.2 Å². The Morgan fingerprint density at radius 2 is 2.07 bits per heavy atom. The molecule has 0 unspecified atom stereocenters. The molecule has 2 aliphatic heterocycles. The largest absolute Gasteiger partial charge is 0.354 e. The number of carbonyl (C=O) groups excluding carboxylic acids is 1. The molecule has 1 amide bonds. The van der Waals surface area contributed by atoms with Crippen LogP contribution in [0.25, 0.3) is 0 Å². The van der Waals surface area contributed by atoms with Crippen LogP contribution in [0.15, 0.2) is 27.5 Å². The van der Waals surface area contributed by atoms with Gasteiger partial charge in [-0.2, -0.15) is 4.98 Å². The number of hydrogen-bond donors (Lipinski definition) is 2. The highest BCUT2D eigenvalue weighted by Crippen LogP contribution is 2.38. The Balaban J connectivity index is 0.00000218. The van der Waals surface area contributed by atoms with E-state index in [4.69, 9.17) is 4.52 Å². The summed E-state index contributed by atoms with van der Waals surface area (Å²) in [5.74, 6) is 2.07. The van der Waals surface area contributed by atoms with Crippen LogP contribution >= 0.6 is 12.4 Å². The van der Waals surface area contributed by atoms with Crippen molar-refractivity contribution in [3.63, 3.8) is 0 Å². The molecule has 30 heavy (non-hydrogen) atoms. The summed E-state index contributed by atoms with van der Waals surface area (Å²) in [4.78, 5) is 30.1. The number of fused-ring (bicyclic) bond motifs is 4. The minimum atomic E-state index is -0.470. The second kappa shape index (κ2) is 8.89. The first-order valence-electron chi connectivity index (χ1n) is 10.7. The summed E-state index contributed by atoms with van der Waals surface area (Å²) in [6.07, 6.45) is 6.13. The van der Waals surface area contributed by atoms with E-state index < -0.39 is 6.04 Å². The number of amides is 1. The summed E-state index contributed by atoms with van der Waals surface area (Å²) in [5.41, 5.74) is 0.860. The normalized spacial score (nSPS) is 25.4. The SMILES string of the molecule is Cl.O=C(NCCc1noc(C2CCCC2)n1)[C@H]1[C@@H]2CNC[C@@H](C2)c2cccc(=O)n21. The molecule has 8 nitrogen and oxygen atoms in total. The Bertz CT molecular complexity index is 952. The second-order valence-electron chi connectivity index (χ2n) is 8.53. The summed E-state index contributed by atoms with van der Waals surface area (Å²) in [6.45, 7) is 2.04. The first kappa shape index (κ1) is 21.1. The zero-order valence-electron chi connectivity index (χ0n) is 16.9. The van der Waals surface area contributed by atoms with Gasteiger partial charge in [-0.05, 0) is 25.3 Å². The molecule has 2 N–H and O–H groups in total. The molecule has 0 aromatic carbocycles. The van der Waals surface area contributed by atoms with Gasteiger partial charge in [0, 0.05) is 55.6 Å². The highest BCUT2D eigenvalue weighted by molar-refractivity contribution is 5.85. The molecule has 2 bridgehead atoms. The predicted octanol–water partition coefficient (Wildman–Crippen LogP) is 1.92. The molecular weight excluding hydrogens is 406 g/mol. The Hall–Kier alpha value is -2.19. The van der Waals surface area contributed by atoms with Gasteiger partial charge in [0.05, 0.1) is 0 Å². The average Bonchev–Trinajstić information content (AvgIpc) is 3.41.